The number of alkyl halides is 3. The molecule has 1 amide bonds. The number of nitrogens with zero attached hydrogens (tertiary/aromatic N) is 1. The smallest absolute Gasteiger partial charge is 0.406 e. The van der Waals surface area contributed by atoms with E-state index in [2.05, 4.69) is 0 Å². The Balaban J connectivity index is 1.99. The number of halogens is 4. The Bertz CT molecular complexity index is 602. The molecule has 0 bridgehead atoms. The number of benzene rings is 1. The fraction of sp³-hybridized carbons (Fsp3) is 0.429. The lowest BCUT2D eigenvalue weighted by Gasteiger charge is -2.27. The predicted molar refractivity (Wildman–Crippen MR) is 69.2 cm³/mol. The van der Waals surface area contributed by atoms with Crippen molar-refractivity contribution < 1.29 is 37.0 Å². The summed E-state index contributed by atoms with van der Waals surface area (Å²) in [6.45, 7) is -1.83. The molecule has 1 atom stereocenters. The van der Waals surface area contributed by atoms with Crippen molar-refractivity contribution in [2.45, 2.75) is 12.6 Å². The van der Waals surface area contributed by atoms with E-state index in [1.807, 2.05) is 0 Å². The minimum Gasteiger partial charge on any atom is -0.484 e. The monoisotopic (exact) mass is 335 g/mol. The van der Waals surface area contributed by atoms with Crippen LogP contribution < -0.4 is 4.74 Å². The summed E-state index contributed by atoms with van der Waals surface area (Å²) in [6.07, 6.45) is -5.65. The quantitative estimate of drug-likeness (QED) is 0.856. The molecular formula is C14H13F4NO4. The highest BCUT2D eigenvalue weighted by molar-refractivity contribution is 5.82. The van der Waals surface area contributed by atoms with Crippen LogP contribution in [0.4, 0.5) is 17.6 Å². The zero-order chi connectivity index (χ0) is 17.3. The summed E-state index contributed by atoms with van der Waals surface area (Å²) < 4.78 is 56.8. The molecule has 1 aromatic rings. The van der Waals surface area contributed by atoms with Gasteiger partial charge in [0.1, 0.15) is 11.6 Å². The zero-order valence-corrected chi connectivity index (χ0v) is 11.8. The maximum Gasteiger partial charge on any atom is 0.406 e. The second-order valence-electron chi connectivity index (χ2n) is 5.19. The molecule has 0 radical (unpaired) electrons. The highest BCUT2D eigenvalue weighted by Gasteiger charge is 2.64. The highest BCUT2D eigenvalue weighted by Crippen LogP contribution is 2.45. The third kappa shape index (κ3) is 3.38. The number of carbonyl (C=O) groups is 2. The minimum atomic E-state index is -4.95. The molecule has 1 fully saturated rings. The van der Waals surface area contributed by atoms with E-state index in [1.54, 1.807) is 0 Å². The first-order chi connectivity index (χ1) is 10.7. The molecule has 1 unspecified atom stereocenters. The molecule has 9 heteroatoms. The van der Waals surface area contributed by atoms with Gasteiger partial charge in [0.25, 0.3) is 5.91 Å². The molecule has 0 spiro atoms. The average molecular weight is 335 g/mol. The molecule has 5 nitrogen and oxygen atoms in total. The van der Waals surface area contributed by atoms with Crippen LogP contribution in [0.2, 0.25) is 0 Å². The Labute approximate surface area is 128 Å². The van der Waals surface area contributed by atoms with Crippen molar-refractivity contribution in [3.05, 3.63) is 30.1 Å². The average Bonchev–Trinajstić information content (AvgIpc) is 2.93. The summed E-state index contributed by atoms with van der Waals surface area (Å²) in [5, 5.41) is 8.91. The minimum absolute atomic E-state index is 0.180. The van der Waals surface area contributed by atoms with E-state index in [-0.39, 0.29) is 12.3 Å². The Kier molecular flexibility index (Phi) is 4.49. The van der Waals surface area contributed by atoms with E-state index in [4.69, 9.17) is 9.84 Å². The van der Waals surface area contributed by atoms with Crippen LogP contribution in [0.25, 0.3) is 0 Å². The van der Waals surface area contributed by atoms with Gasteiger partial charge in [-0.15, -0.1) is 0 Å². The van der Waals surface area contributed by atoms with Gasteiger partial charge >= 0.3 is 12.1 Å². The van der Waals surface area contributed by atoms with Crippen LogP contribution in [-0.4, -0.2) is 47.8 Å². The Morgan fingerprint density at radius 3 is 2.35 bits per heavy atom. The van der Waals surface area contributed by atoms with Crippen LogP contribution in [0.1, 0.15) is 6.42 Å². The summed E-state index contributed by atoms with van der Waals surface area (Å²) in [5.74, 6) is -3.08. The van der Waals surface area contributed by atoms with Gasteiger partial charge in [0, 0.05) is 13.1 Å². The Morgan fingerprint density at radius 2 is 1.87 bits per heavy atom. The zero-order valence-electron chi connectivity index (χ0n) is 11.8. The SMILES string of the molecule is O=C(COc1ccc(F)cc1)N1CCC(C(=O)O)(C(F)(F)F)C1. The number of likely N-dealkylation sites (tertiary alicyclic amines) is 1. The lowest BCUT2D eigenvalue weighted by atomic mass is 9.86. The summed E-state index contributed by atoms with van der Waals surface area (Å²) in [6, 6.07) is 4.75. The van der Waals surface area contributed by atoms with Crippen molar-refractivity contribution in [1.29, 1.82) is 0 Å². The van der Waals surface area contributed by atoms with Crippen molar-refractivity contribution in [2.24, 2.45) is 5.41 Å². The van der Waals surface area contributed by atoms with Gasteiger partial charge in [-0.2, -0.15) is 13.2 Å². The van der Waals surface area contributed by atoms with Crippen molar-refractivity contribution in [3.8, 4) is 5.75 Å². The molecule has 1 aromatic carbocycles. The first-order valence-electron chi connectivity index (χ1n) is 6.62. The number of rotatable bonds is 4. The second kappa shape index (κ2) is 6.05. The van der Waals surface area contributed by atoms with Gasteiger partial charge in [-0.3, -0.25) is 9.59 Å². The van der Waals surface area contributed by atoms with E-state index >= 15 is 0 Å². The molecule has 23 heavy (non-hydrogen) atoms. The molecule has 1 N–H and O–H groups in total. The number of ether oxygens (including phenoxy) is 1. The molecule has 126 valence electrons. The van der Waals surface area contributed by atoms with E-state index in [1.165, 1.54) is 12.1 Å². The molecule has 2 rings (SSSR count). The van der Waals surface area contributed by atoms with Crippen molar-refractivity contribution in [1.82, 2.24) is 4.90 Å². The van der Waals surface area contributed by atoms with E-state index < -0.39 is 48.9 Å². The largest absolute Gasteiger partial charge is 0.484 e. The number of aliphatic carboxylic acids is 1. The summed E-state index contributed by atoms with van der Waals surface area (Å²) in [4.78, 5) is 23.7. The normalized spacial score (nSPS) is 21.3. The number of hydrogen-bond donors (Lipinski definition) is 1. The molecule has 1 aliphatic rings. The van der Waals surface area contributed by atoms with Crippen molar-refractivity contribution in [2.75, 3.05) is 19.7 Å². The van der Waals surface area contributed by atoms with Gasteiger partial charge < -0.3 is 14.7 Å². The molecule has 0 aromatic heterocycles. The van der Waals surface area contributed by atoms with E-state index in [9.17, 15) is 27.2 Å². The second-order valence-corrected chi connectivity index (χ2v) is 5.19. The molecule has 1 saturated heterocycles. The molecular weight excluding hydrogens is 322 g/mol. The topological polar surface area (TPSA) is 66.8 Å². The van der Waals surface area contributed by atoms with Gasteiger partial charge in [0.05, 0.1) is 0 Å². The number of hydrogen-bond acceptors (Lipinski definition) is 3. The maximum absolute atomic E-state index is 13.0. The molecule has 1 aliphatic heterocycles. The van der Waals surface area contributed by atoms with E-state index in [0.29, 0.717) is 0 Å². The van der Waals surface area contributed by atoms with E-state index in [0.717, 1.165) is 17.0 Å². The fourth-order valence-electron chi connectivity index (χ4n) is 2.32. The third-order valence-corrected chi connectivity index (χ3v) is 3.75. The first-order valence-corrected chi connectivity index (χ1v) is 6.62. The molecule has 0 saturated carbocycles. The maximum atomic E-state index is 13.0. The van der Waals surface area contributed by atoms with Crippen LogP contribution in [0.3, 0.4) is 0 Å². The molecule has 1 heterocycles. The van der Waals surface area contributed by atoms with Gasteiger partial charge in [0.15, 0.2) is 12.0 Å². The van der Waals surface area contributed by atoms with Crippen LogP contribution in [0.15, 0.2) is 24.3 Å². The number of carbonyl (C=O) groups excluding carboxylic acids is 1. The van der Waals surface area contributed by atoms with Crippen LogP contribution in [-0.2, 0) is 9.59 Å². The summed E-state index contributed by atoms with van der Waals surface area (Å²) in [7, 11) is 0. The van der Waals surface area contributed by atoms with Crippen LogP contribution in [0, 0.1) is 11.2 Å². The number of carboxylic acids is 1. The van der Waals surface area contributed by atoms with Crippen molar-refractivity contribution >= 4 is 11.9 Å². The number of amides is 1. The first kappa shape index (κ1) is 17.0. The predicted octanol–water partition coefficient (Wildman–Crippen LogP) is 2.07. The molecule has 0 aliphatic carbocycles. The van der Waals surface area contributed by atoms with Gasteiger partial charge in [-0.1, -0.05) is 0 Å². The lowest BCUT2D eigenvalue weighted by Crippen LogP contribution is -2.48. The van der Waals surface area contributed by atoms with Gasteiger partial charge in [-0.05, 0) is 30.7 Å². The van der Waals surface area contributed by atoms with Crippen LogP contribution >= 0.6 is 0 Å². The highest BCUT2D eigenvalue weighted by atomic mass is 19.4. The van der Waals surface area contributed by atoms with Gasteiger partial charge in [0.2, 0.25) is 0 Å². The third-order valence-electron chi connectivity index (χ3n) is 3.75. The summed E-state index contributed by atoms with van der Waals surface area (Å²) >= 11 is 0. The fourth-order valence-corrected chi connectivity index (χ4v) is 2.32. The van der Waals surface area contributed by atoms with Crippen LogP contribution in [0.5, 0.6) is 5.75 Å². The van der Waals surface area contributed by atoms with Gasteiger partial charge in [-0.25, -0.2) is 4.39 Å². The lowest BCUT2D eigenvalue weighted by molar-refractivity contribution is -0.227. The standard InChI is InChI=1S/C14H13F4NO4/c15-9-1-3-10(4-2-9)23-7-11(20)19-6-5-13(8-19,12(21)22)14(16,17)18/h1-4H,5-8H2,(H,21,22). The number of carboxylic acid groups (broad SMARTS) is 1. The Hall–Kier alpha value is -2.32. The van der Waals surface area contributed by atoms with Crippen molar-refractivity contribution in [3.63, 3.8) is 0 Å². The Morgan fingerprint density at radius 1 is 1.26 bits per heavy atom. The summed E-state index contributed by atoms with van der Waals surface area (Å²) in [5.41, 5.74) is -2.95.